The molecule has 20 heavy (non-hydrogen) atoms. The second-order valence-corrected chi connectivity index (χ2v) is 4.49. The first-order valence-corrected chi connectivity index (χ1v) is 6.71. The van der Waals surface area contributed by atoms with Gasteiger partial charge in [-0.15, -0.1) is 0 Å². The van der Waals surface area contributed by atoms with E-state index in [2.05, 4.69) is 0 Å². The van der Waals surface area contributed by atoms with Gasteiger partial charge in [0.25, 0.3) is 5.60 Å². The fourth-order valence-corrected chi connectivity index (χ4v) is 2.19. The molecule has 1 heterocycles. The van der Waals surface area contributed by atoms with E-state index in [1.54, 1.807) is 13.8 Å². The SMILES string of the molecule is CCOC(=O)C1(C(=O)OCC)C[C@H](c2ccccc2)O1. The first-order valence-electron chi connectivity index (χ1n) is 6.71. The number of carbonyl (C=O) groups excluding carboxylic acids is 2. The summed E-state index contributed by atoms with van der Waals surface area (Å²) in [5, 5.41) is 0. The van der Waals surface area contributed by atoms with Crippen molar-refractivity contribution in [2.75, 3.05) is 13.2 Å². The van der Waals surface area contributed by atoms with Crippen molar-refractivity contribution in [3.63, 3.8) is 0 Å². The molecule has 5 heteroatoms. The highest BCUT2D eigenvalue weighted by Crippen LogP contribution is 2.44. The second kappa shape index (κ2) is 6.05. The topological polar surface area (TPSA) is 61.8 Å². The van der Waals surface area contributed by atoms with Gasteiger partial charge in [0.2, 0.25) is 0 Å². The Hall–Kier alpha value is -1.88. The highest BCUT2D eigenvalue weighted by molar-refractivity contribution is 6.04. The van der Waals surface area contributed by atoms with Gasteiger partial charge < -0.3 is 14.2 Å². The minimum atomic E-state index is -1.60. The van der Waals surface area contributed by atoms with Crippen molar-refractivity contribution in [2.24, 2.45) is 0 Å². The fourth-order valence-electron chi connectivity index (χ4n) is 2.19. The van der Waals surface area contributed by atoms with E-state index in [1.165, 1.54) is 0 Å². The van der Waals surface area contributed by atoms with Gasteiger partial charge in [-0.2, -0.15) is 0 Å². The summed E-state index contributed by atoms with van der Waals surface area (Å²) in [4.78, 5) is 24.0. The normalized spacial score (nSPS) is 19.8. The Morgan fingerprint density at radius 2 is 1.65 bits per heavy atom. The summed E-state index contributed by atoms with van der Waals surface area (Å²) >= 11 is 0. The predicted molar refractivity (Wildman–Crippen MR) is 70.9 cm³/mol. The number of ether oxygens (including phenoxy) is 3. The van der Waals surface area contributed by atoms with Crippen molar-refractivity contribution in [1.29, 1.82) is 0 Å². The molecule has 1 aliphatic rings. The van der Waals surface area contributed by atoms with E-state index >= 15 is 0 Å². The molecule has 1 atom stereocenters. The van der Waals surface area contributed by atoms with Crippen LogP contribution in [0, 0.1) is 0 Å². The monoisotopic (exact) mass is 278 g/mol. The summed E-state index contributed by atoms with van der Waals surface area (Å²) in [6.07, 6.45) is -0.0423. The summed E-state index contributed by atoms with van der Waals surface area (Å²) in [5.74, 6) is -1.35. The number of benzene rings is 1. The number of carbonyl (C=O) groups is 2. The van der Waals surface area contributed by atoms with Gasteiger partial charge in [-0.3, -0.25) is 0 Å². The smallest absolute Gasteiger partial charge is 0.350 e. The zero-order valence-corrected chi connectivity index (χ0v) is 11.6. The lowest BCUT2D eigenvalue weighted by atomic mass is 9.85. The third kappa shape index (κ3) is 2.54. The Kier molecular flexibility index (Phi) is 4.39. The average molecular weight is 278 g/mol. The molecule has 0 amide bonds. The van der Waals surface area contributed by atoms with Crippen LogP contribution in [0.15, 0.2) is 30.3 Å². The van der Waals surface area contributed by atoms with Crippen LogP contribution in [-0.2, 0) is 23.8 Å². The Morgan fingerprint density at radius 3 is 2.10 bits per heavy atom. The lowest BCUT2D eigenvalue weighted by Crippen LogP contribution is -2.59. The number of esters is 2. The Balaban J connectivity index is 2.13. The summed E-state index contributed by atoms with van der Waals surface area (Å²) in [5.41, 5.74) is -0.677. The molecule has 0 aromatic heterocycles. The van der Waals surface area contributed by atoms with E-state index in [1.807, 2.05) is 30.3 Å². The molecule has 0 radical (unpaired) electrons. The summed E-state index contributed by atoms with van der Waals surface area (Å²) in [7, 11) is 0. The van der Waals surface area contributed by atoms with E-state index in [0.717, 1.165) is 5.56 Å². The highest BCUT2D eigenvalue weighted by atomic mass is 16.6. The van der Waals surface area contributed by atoms with Gasteiger partial charge in [-0.05, 0) is 19.4 Å². The van der Waals surface area contributed by atoms with Crippen molar-refractivity contribution >= 4 is 11.9 Å². The zero-order valence-electron chi connectivity index (χ0n) is 11.6. The Labute approximate surface area is 117 Å². The van der Waals surface area contributed by atoms with Crippen LogP contribution in [0.4, 0.5) is 0 Å². The molecule has 0 unspecified atom stereocenters. The van der Waals surface area contributed by atoms with Gasteiger partial charge in [-0.1, -0.05) is 30.3 Å². The summed E-state index contributed by atoms with van der Waals surface area (Å²) in [6, 6.07) is 9.45. The molecular weight excluding hydrogens is 260 g/mol. The van der Waals surface area contributed by atoms with E-state index in [0.29, 0.717) is 0 Å². The van der Waals surface area contributed by atoms with E-state index < -0.39 is 17.5 Å². The molecule has 2 rings (SSSR count). The number of rotatable bonds is 5. The largest absolute Gasteiger partial charge is 0.463 e. The van der Waals surface area contributed by atoms with Crippen molar-refractivity contribution in [3.05, 3.63) is 35.9 Å². The molecule has 1 aromatic rings. The van der Waals surface area contributed by atoms with Crippen LogP contribution in [0.2, 0.25) is 0 Å². The molecule has 0 N–H and O–H groups in total. The minimum absolute atomic E-state index is 0.194. The lowest BCUT2D eigenvalue weighted by Gasteiger charge is -2.43. The highest BCUT2D eigenvalue weighted by Gasteiger charge is 2.60. The molecule has 1 aromatic carbocycles. The van der Waals surface area contributed by atoms with Crippen molar-refractivity contribution < 1.29 is 23.8 Å². The molecule has 5 nitrogen and oxygen atoms in total. The summed E-state index contributed by atoms with van der Waals surface area (Å²) in [6.45, 7) is 3.76. The number of hydrogen-bond acceptors (Lipinski definition) is 5. The van der Waals surface area contributed by atoms with Gasteiger partial charge in [0, 0.05) is 6.42 Å². The van der Waals surface area contributed by atoms with Gasteiger partial charge in [0.15, 0.2) is 0 Å². The maximum absolute atomic E-state index is 12.0. The Morgan fingerprint density at radius 1 is 1.15 bits per heavy atom. The van der Waals surface area contributed by atoms with E-state index in [-0.39, 0.29) is 25.7 Å². The zero-order chi connectivity index (χ0) is 14.6. The van der Waals surface area contributed by atoms with Gasteiger partial charge in [0.05, 0.1) is 19.3 Å². The molecule has 1 aliphatic heterocycles. The molecule has 0 aliphatic carbocycles. The average Bonchev–Trinajstić information content (AvgIpc) is 2.39. The Bertz CT molecular complexity index is 456. The predicted octanol–water partition coefficient (Wildman–Crippen LogP) is 2.01. The molecule has 0 spiro atoms. The summed E-state index contributed by atoms with van der Waals surface area (Å²) < 4.78 is 15.5. The van der Waals surface area contributed by atoms with Crippen molar-refractivity contribution in [3.8, 4) is 0 Å². The second-order valence-electron chi connectivity index (χ2n) is 4.49. The van der Waals surface area contributed by atoms with Crippen LogP contribution in [0.25, 0.3) is 0 Å². The van der Waals surface area contributed by atoms with Crippen LogP contribution in [0.5, 0.6) is 0 Å². The fraction of sp³-hybridized carbons (Fsp3) is 0.467. The van der Waals surface area contributed by atoms with Crippen molar-refractivity contribution in [2.45, 2.75) is 32.0 Å². The first-order chi connectivity index (χ1) is 9.64. The van der Waals surface area contributed by atoms with Gasteiger partial charge >= 0.3 is 11.9 Å². The molecular formula is C15H18O5. The van der Waals surface area contributed by atoms with Crippen molar-refractivity contribution in [1.82, 2.24) is 0 Å². The van der Waals surface area contributed by atoms with E-state index in [9.17, 15) is 9.59 Å². The van der Waals surface area contributed by atoms with E-state index in [4.69, 9.17) is 14.2 Å². The van der Waals surface area contributed by atoms with Gasteiger partial charge in [-0.25, -0.2) is 9.59 Å². The molecule has 108 valence electrons. The standard InChI is InChI=1S/C15H18O5/c1-3-18-13(16)15(14(17)19-4-2)10-12(20-15)11-8-6-5-7-9-11/h5-9,12H,3-4,10H2,1-2H3/t12-/m1/s1. The lowest BCUT2D eigenvalue weighted by molar-refractivity contribution is -0.238. The number of hydrogen-bond donors (Lipinski definition) is 0. The maximum Gasteiger partial charge on any atom is 0.350 e. The quantitative estimate of drug-likeness (QED) is 0.609. The molecule has 0 saturated carbocycles. The van der Waals surface area contributed by atoms with Crippen LogP contribution in [-0.4, -0.2) is 30.8 Å². The van der Waals surface area contributed by atoms with Crippen LogP contribution >= 0.6 is 0 Å². The third-order valence-corrected chi connectivity index (χ3v) is 3.20. The van der Waals surface area contributed by atoms with Crippen LogP contribution < -0.4 is 0 Å². The van der Waals surface area contributed by atoms with Crippen LogP contribution in [0.3, 0.4) is 0 Å². The molecule has 1 saturated heterocycles. The molecule has 0 bridgehead atoms. The minimum Gasteiger partial charge on any atom is -0.463 e. The first kappa shape index (κ1) is 14.5. The third-order valence-electron chi connectivity index (χ3n) is 3.20. The maximum atomic E-state index is 12.0. The van der Waals surface area contributed by atoms with Gasteiger partial charge in [0.1, 0.15) is 0 Å². The van der Waals surface area contributed by atoms with Crippen LogP contribution in [0.1, 0.15) is 31.9 Å². The molecule has 1 fully saturated rings.